The first-order chi connectivity index (χ1) is 6.33. The van der Waals surface area contributed by atoms with E-state index in [-0.39, 0.29) is 0 Å². The highest BCUT2D eigenvalue weighted by Crippen LogP contribution is 2.14. The van der Waals surface area contributed by atoms with E-state index in [0.717, 1.165) is 25.7 Å². The fourth-order valence-corrected chi connectivity index (χ4v) is 0.316. The normalized spacial score (nSPS) is 12.0. The van der Waals surface area contributed by atoms with Gasteiger partial charge in [-0.1, -0.05) is 46.0 Å². The fraction of sp³-hybridized carbons (Fsp3) is 1.00. The standard InChI is InChI=1S/2C4H10O.C3H6/c2*1-2-3-4-5;1-2-3-1/h2*5H,2-4H2,1H3;1-3H2. The van der Waals surface area contributed by atoms with Crippen molar-refractivity contribution in [3.8, 4) is 0 Å². The van der Waals surface area contributed by atoms with Gasteiger partial charge in [0.15, 0.2) is 0 Å². The van der Waals surface area contributed by atoms with Gasteiger partial charge in [0.2, 0.25) is 0 Å². The zero-order chi connectivity index (χ0) is 10.4. The Labute approximate surface area is 83.0 Å². The Balaban J connectivity index is 0. The lowest BCUT2D eigenvalue weighted by molar-refractivity contribution is 0.286. The van der Waals surface area contributed by atoms with Gasteiger partial charge >= 0.3 is 0 Å². The van der Waals surface area contributed by atoms with E-state index < -0.39 is 0 Å². The Morgan fingerprint density at radius 3 is 1.08 bits per heavy atom. The third-order valence-electron chi connectivity index (χ3n) is 1.38. The van der Waals surface area contributed by atoms with E-state index in [2.05, 4.69) is 13.8 Å². The molecule has 0 unspecified atom stereocenters. The molecule has 13 heavy (non-hydrogen) atoms. The first-order valence-corrected chi connectivity index (χ1v) is 5.55. The summed E-state index contributed by atoms with van der Waals surface area (Å²) in [4.78, 5) is 0. The van der Waals surface area contributed by atoms with Gasteiger partial charge in [-0.15, -0.1) is 0 Å². The molecule has 82 valence electrons. The number of aliphatic hydroxyl groups excluding tert-OH is 2. The van der Waals surface area contributed by atoms with Gasteiger partial charge in [-0.25, -0.2) is 0 Å². The molecule has 0 aromatic heterocycles. The second-order valence-electron chi connectivity index (χ2n) is 3.21. The Morgan fingerprint density at radius 2 is 1.08 bits per heavy atom. The number of rotatable bonds is 4. The molecule has 1 aliphatic rings. The Bertz CT molecular complexity index is 50.4. The van der Waals surface area contributed by atoms with Crippen molar-refractivity contribution in [1.29, 1.82) is 0 Å². The van der Waals surface area contributed by atoms with Crippen LogP contribution in [0.5, 0.6) is 0 Å². The second-order valence-corrected chi connectivity index (χ2v) is 3.21. The van der Waals surface area contributed by atoms with E-state index in [1.54, 1.807) is 0 Å². The van der Waals surface area contributed by atoms with Crippen LogP contribution >= 0.6 is 0 Å². The maximum Gasteiger partial charge on any atom is 0.0430 e. The van der Waals surface area contributed by atoms with E-state index >= 15 is 0 Å². The van der Waals surface area contributed by atoms with Crippen molar-refractivity contribution < 1.29 is 10.2 Å². The van der Waals surface area contributed by atoms with Crippen molar-refractivity contribution in [2.24, 2.45) is 0 Å². The summed E-state index contributed by atoms with van der Waals surface area (Å²) in [5, 5.41) is 16.1. The van der Waals surface area contributed by atoms with Crippen LogP contribution in [0.4, 0.5) is 0 Å². The van der Waals surface area contributed by atoms with Crippen molar-refractivity contribution >= 4 is 0 Å². The highest BCUT2D eigenvalue weighted by Gasteiger charge is 1.95. The zero-order valence-corrected chi connectivity index (χ0v) is 9.26. The molecule has 0 bridgehead atoms. The SMILES string of the molecule is C1CC1.CCCCO.CCCCO. The molecule has 1 rings (SSSR count). The molecule has 0 aromatic carbocycles. The summed E-state index contributed by atoms with van der Waals surface area (Å²) in [6.07, 6.45) is 8.58. The van der Waals surface area contributed by atoms with Crippen LogP contribution in [0.2, 0.25) is 0 Å². The van der Waals surface area contributed by atoms with Gasteiger partial charge in [-0.05, 0) is 12.8 Å². The largest absolute Gasteiger partial charge is 0.396 e. The van der Waals surface area contributed by atoms with Gasteiger partial charge in [0.1, 0.15) is 0 Å². The Kier molecular flexibility index (Phi) is 21.2. The molecule has 0 atom stereocenters. The lowest BCUT2D eigenvalue weighted by atomic mass is 10.4. The predicted molar refractivity (Wildman–Crippen MR) is 57.8 cm³/mol. The molecule has 2 heteroatoms. The van der Waals surface area contributed by atoms with E-state index in [1.807, 2.05) is 0 Å². The predicted octanol–water partition coefficient (Wildman–Crippen LogP) is 2.73. The number of unbranched alkanes of at least 4 members (excludes halogenated alkanes) is 2. The van der Waals surface area contributed by atoms with Crippen molar-refractivity contribution in [3.05, 3.63) is 0 Å². The zero-order valence-electron chi connectivity index (χ0n) is 9.26. The van der Waals surface area contributed by atoms with E-state index in [4.69, 9.17) is 10.2 Å². The lowest BCUT2D eigenvalue weighted by Crippen LogP contribution is -1.75. The van der Waals surface area contributed by atoms with Gasteiger partial charge in [-0.3, -0.25) is 0 Å². The van der Waals surface area contributed by atoms with E-state index in [1.165, 1.54) is 19.3 Å². The molecule has 1 saturated carbocycles. The van der Waals surface area contributed by atoms with Gasteiger partial charge < -0.3 is 10.2 Å². The van der Waals surface area contributed by atoms with Crippen LogP contribution < -0.4 is 0 Å². The fourth-order valence-electron chi connectivity index (χ4n) is 0.316. The molecule has 2 N–H and O–H groups in total. The van der Waals surface area contributed by atoms with Gasteiger partial charge in [0, 0.05) is 13.2 Å². The maximum absolute atomic E-state index is 8.07. The van der Waals surface area contributed by atoms with Crippen molar-refractivity contribution in [2.45, 2.75) is 58.8 Å². The number of hydrogen-bond acceptors (Lipinski definition) is 2. The molecule has 0 heterocycles. The summed E-state index contributed by atoms with van der Waals surface area (Å²) in [7, 11) is 0. The highest BCUT2D eigenvalue weighted by atomic mass is 16.3. The maximum atomic E-state index is 8.07. The number of aliphatic hydroxyl groups is 2. The second kappa shape index (κ2) is 17.9. The monoisotopic (exact) mass is 190 g/mol. The molecular weight excluding hydrogens is 164 g/mol. The smallest absolute Gasteiger partial charge is 0.0430 e. The van der Waals surface area contributed by atoms with E-state index in [0.29, 0.717) is 13.2 Å². The quantitative estimate of drug-likeness (QED) is 0.715. The molecule has 2 nitrogen and oxygen atoms in total. The first kappa shape index (κ1) is 15.4. The van der Waals surface area contributed by atoms with Crippen molar-refractivity contribution in [3.63, 3.8) is 0 Å². The lowest BCUT2D eigenvalue weighted by Gasteiger charge is -1.79. The minimum absolute atomic E-state index is 0.344. The molecule has 0 saturated heterocycles. The Hall–Kier alpha value is -0.0800. The molecule has 0 spiro atoms. The summed E-state index contributed by atoms with van der Waals surface area (Å²) in [6, 6.07) is 0. The number of hydrogen-bond donors (Lipinski definition) is 2. The molecule has 1 aliphatic carbocycles. The van der Waals surface area contributed by atoms with E-state index in [9.17, 15) is 0 Å². The van der Waals surface area contributed by atoms with Gasteiger partial charge in [0.05, 0.1) is 0 Å². The topological polar surface area (TPSA) is 40.5 Å². The van der Waals surface area contributed by atoms with Crippen LogP contribution in [-0.4, -0.2) is 23.4 Å². The average Bonchev–Trinajstić information content (AvgIpc) is 2.94. The summed E-state index contributed by atoms with van der Waals surface area (Å²) in [6.45, 7) is 4.79. The molecular formula is C11H26O2. The van der Waals surface area contributed by atoms with Gasteiger partial charge in [-0.2, -0.15) is 0 Å². The van der Waals surface area contributed by atoms with Crippen LogP contribution in [-0.2, 0) is 0 Å². The first-order valence-electron chi connectivity index (χ1n) is 5.55. The van der Waals surface area contributed by atoms with Crippen LogP contribution in [0.1, 0.15) is 58.8 Å². The molecule has 1 fully saturated rings. The minimum atomic E-state index is 0.344. The summed E-state index contributed by atoms with van der Waals surface area (Å²) < 4.78 is 0. The summed E-state index contributed by atoms with van der Waals surface area (Å²) in [5.41, 5.74) is 0. The minimum Gasteiger partial charge on any atom is -0.396 e. The molecule has 0 aromatic rings. The van der Waals surface area contributed by atoms with Gasteiger partial charge in [0.25, 0.3) is 0 Å². The third kappa shape index (κ3) is 48.5. The van der Waals surface area contributed by atoms with Crippen LogP contribution in [0, 0.1) is 0 Å². The van der Waals surface area contributed by atoms with Crippen molar-refractivity contribution in [1.82, 2.24) is 0 Å². The van der Waals surface area contributed by atoms with Crippen LogP contribution in [0.25, 0.3) is 0 Å². The third-order valence-corrected chi connectivity index (χ3v) is 1.38. The average molecular weight is 190 g/mol. The highest BCUT2D eigenvalue weighted by molar-refractivity contribution is 4.50. The van der Waals surface area contributed by atoms with Crippen molar-refractivity contribution in [2.75, 3.05) is 13.2 Å². The molecule has 0 amide bonds. The summed E-state index contributed by atoms with van der Waals surface area (Å²) in [5.74, 6) is 0. The summed E-state index contributed by atoms with van der Waals surface area (Å²) >= 11 is 0. The molecule has 0 aliphatic heterocycles. The molecule has 0 radical (unpaired) electrons. The Morgan fingerprint density at radius 1 is 0.769 bits per heavy atom. The van der Waals surface area contributed by atoms with Crippen LogP contribution in [0.15, 0.2) is 0 Å². The van der Waals surface area contributed by atoms with Crippen LogP contribution in [0.3, 0.4) is 0 Å².